The number of anilines is 1. The average molecular weight is 517 g/mol. The molecule has 1 saturated heterocycles. The van der Waals surface area contributed by atoms with E-state index in [9.17, 15) is 10.1 Å². The second kappa shape index (κ2) is 13.3. The van der Waals surface area contributed by atoms with E-state index in [1.165, 1.54) is 25.7 Å². The number of likely N-dealkylation sites (tertiary alicyclic amines) is 1. The largest absolute Gasteiger partial charge is 0.492 e. The second-order valence-corrected chi connectivity index (χ2v) is 10.00. The Kier molecular flexibility index (Phi) is 9.67. The highest BCUT2D eigenvalue weighted by Crippen LogP contribution is 2.43. The van der Waals surface area contributed by atoms with Crippen LogP contribution in [0.5, 0.6) is 5.75 Å². The van der Waals surface area contributed by atoms with Crippen LogP contribution in [0, 0.1) is 11.3 Å². The van der Waals surface area contributed by atoms with Gasteiger partial charge in [-0.25, -0.2) is 4.79 Å². The molecule has 7 nitrogen and oxygen atoms in total. The van der Waals surface area contributed by atoms with Crippen molar-refractivity contribution in [2.75, 3.05) is 38.2 Å². The summed E-state index contributed by atoms with van der Waals surface area (Å²) in [5.41, 5.74) is 4.28. The van der Waals surface area contributed by atoms with E-state index < -0.39 is 6.09 Å². The number of amides is 1. The van der Waals surface area contributed by atoms with E-state index in [-0.39, 0.29) is 0 Å². The molecular formula is C31H40N4O3. The summed E-state index contributed by atoms with van der Waals surface area (Å²) >= 11 is 0. The second-order valence-electron chi connectivity index (χ2n) is 10.00. The maximum Gasteiger partial charge on any atom is 0.411 e. The monoisotopic (exact) mass is 516 g/mol. The van der Waals surface area contributed by atoms with Gasteiger partial charge in [0.25, 0.3) is 0 Å². The van der Waals surface area contributed by atoms with Crippen molar-refractivity contribution < 1.29 is 14.3 Å². The van der Waals surface area contributed by atoms with Crippen LogP contribution in [0.15, 0.2) is 42.5 Å². The van der Waals surface area contributed by atoms with Gasteiger partial charge in [0.2, 0.25) is 0 Å². The van der Waals surface area contributed by atoms with Crippen LogP contribution in [-0.4, -0.2) is 48.4 Å². The van der Waals surface area contributed by atoms with Gasteiger partial charge < -0.3 is 14.0 Å². The van der Waals surface area contributed by atoms with Gasteiger partial charge in [-0.1, -0.05) is 32.4 Å². The normalized spacial score (nSPS) is 15.3. The smallest absolute Gasteiger partial charge is 0.411 e. The summed E-state index contributed by atoms with van der Waals surface area (Å²) in [6.45, 7) is 10.3. The van der Waals surface area contributed by atoms with Gasteiger partial charge in [-0.3, -0.25) is 10.2 Å². The summed E-state index contributed by atoms with van der Waals surface area (Å²) in [7, 11) is 0. The van der Waals surface area contributed by atoms with Gasteiger partial charge in [0.1, 0.15) is 18.4 Å². The van der Waals surface area contributed by atoms with Crippen LogP contribution >= 0.6 is 0 Å². The van der Waals surface area contributed by atoms with Crippen molar-refractivity contribution in [1.29, 1.82) is 5.26 Å². The Labute approximate surface area is 226 Å². The summed E-state index contributed by atoms with van der Waals surface area (Å²) in [5.74, 6) is 0.847. The molecule has 1 aliphatic carbocycles. The molecule has 1 aromatic heterocycles. The molecule has 7 heteroatoms. The summed E-state index contributed by atoms with van der Waals surface area (Å²) < 4.78 is 13.4. The molecule has 0 spiro atoms. The third-order valence-electron chi connectivity index (χ3n) is 7.08. The molecule has 1 amide bonds. The van der Waals surface area contributed by atoms with E-state index in [0.717, 1.165) is 60.4 Å². The number of nitrogens with zero attached hydrogens (tertiary/aromatic N) is 3. The first kappa shape index (κ1) is 27.5. The fourth-order valence-electron chi connectivity index (χ4n) is 5.10. The Hall–Kier alpha value is -3.50. The van der Waals surface area contributed by atoms with Crippen molar-refractivity contribution in [3.63, 3.8) is 0 Å². The molecule has 2 heterocycles. The number of fused-ring (bicyclic) bond motifs is 1. The van der Waals surface area contributed by atoms with Crippen LogP contribution in [0.3, 0.4) is 0 Å². The molecule has 0 bridgehead atoms. The molecule has 0 unspecified atom stereocenters. The van der Waals surface area contributed by atoms with Crippen molar-refractivity contribution in [1.82, 2.24) is 9.47 Å². The lowest BCUT2D eigenvalue weighted by molar-refractivity contribution is 0.168. The lowest BCUT2D eigenvalue weighted by Gasteiger charge is -2.30. The molecule has 0 radical (unpaired) electrons. The van der Waals surface area contributed by atoms with Crippen molar-refractivity contribution in [2.24, 2.45) is 0 Å². The fraction of sp³-hybridized carbons (Fsp3) is 0.484. The molecular weight excluding hydrogens is 476 g/mol. The van der Waals surface area contributed by atoms with E-state index in [1.54, 1.807) is 6.92 Å². The predicted molar refractivity (Wildman–Crippen MR) is 153 cm³/mol. The quantitative estimate of drug-likeness (QED) is 0.338. The summed E-state index contributed by atoms with van der Waals surface area (Å²) in [5, 5.41) is 13.8. The molecule has 202 valence electrons. The zero-order valence-electron chi connectivity index (χ0n) is 23.0. The Balaban J connectivity index is 0.00000107. The number of benzene rings is 2. The lowest BCUT2D eigenvalue weighted by atomic mass is 9.92. The van der Waals surface area contributed by atoms with Crippen LogP contribution in [0.4, 0.5) is 10.5 Å². The van der Waals surface area contributed by atoms with Gasteiger partial charge in [-0.15, -0.1) is 0 Å². The minimum absolute atomic E-state index is 0.320. The maximum atomic E-state index is 11.8. The number of aromatic nitrogens is 1. The van der Waals surface area contributed by atoms with Gasteiger partial charge in [-0.2, -0.15) is 5.26 Å². The first-order valence-electron chi connectivity index (χ1n) is 14.1. The maximum absolute atomic E-state index is 11.8. The number of carbonyl (C=O) groups is 1. The number of ether oxygens (including phenoxy) is 2. The third-order valence-corrected chi connectivity index (χ3v) is 7.08. The van der Waals surface area contributed by atoms with Crippen LogP contribution in [0.2, 0.25) is 0 Å². The Morgan fingerprint density at radius 3 is 2.37 bits per heavy atom. The highest BCUT2D eigenvalue weighted by atomic mass is 16.5. The SMILES string of the molecule is CCC.CCOC(=O)Nc1ccc(-c2c(C#N)c3ccc(OCCN4CCCC4)cc3n2C2CCC2)cc1. The molecule has 38 heavy (non-hydrogen) atoms. The third kappa shape index (κ3) is 6.31. The van der Waals surface area contributed by atoms with Crippen molar-refractivity contribution in [3.8, 4) is 23.1 Å². The lowest BCUT2D eigenvalue weighted by Crippen LogP contribution is -2.25. The van der Waals surface area contributed by atoms with Crippen LogP contribution < -0.4 is 10.1 Å². The topological polar surface area (TPSA) is 79.5 Å². The Morgan fingerprint density at radius 1 is 1.05 bits per heavy atom. The van der Waals surface area contributed by atoms with Gasteiger partial charge in [-0.05, 0) is 81.9 Å². The number of carbonyl (C=O) groups excluding carboxylic acids is 1. The predicted octanol–water partition coefficient (Wildman–Crippen LogP) is 7.36. The van der Waals surface area contributed by atoms with Crippen molar-refractivity contribution >= 4 is 22.7 Å². The summed E-state index contributed by atoms with van der Waals surface area (Å²) in [6, 6.07) is 16.5. The van der Waals surface area contributed by atoms with Gasteiger partial charge >= 0.3 is 6.09 Å². The molecule has 5 rings (SSSR count). The molecule has 3 aromatic rings. The number of hydrogen-bond donors (Lipinski definition) is 1. The Bertz CT molecular complexity index is 1250. The standard InChI is InChI=1S/C28H32N4O3.C3H8/c1-2-34-28(33)30-21-10-8-20(9-11-21)27-25(19-29)24-13-12-23(35-17-16-31-14-3-4-15-31)18-26(24)32(27)22-6-5-7-22;1-3-2/h8-13,18,22H,2-7,14-17H2,1H3,(H,30,33);3H2,1-2H3. The van der Waals surface area contributed by atoms with Gasteiger partial charge in [0.05, 0.1) is 23.4 Å². The zero-order valence-corrected chi connectivity index (χ0v) is 23.0. The summed E-state index contributed by atoms with van der Waals surface area (Å²) in [6.07, 6.45) is 6.73. The molecule has 2 fully saturated rings. The minimum Gasteiger partial charge on any atom is -0.492 e. The Morgan fingerprint density at radius 2 is 1.76 bits per heavy atom. The number of rotatable bonds is 8. The van der Waals surface area contributed by atoms with E-state index in [1.807, 2.05) is 36.4 Å². The van der Waals surface area contributed by atoms with Crippen LogP contribution in [0.25, 0.3) is 22.2 Å². The average Bonchev–Trinajstić information content (AvgIpc) is 3.50. The molecule has 1 saturated carbocycles. The zero-order chi connectivity index (χ0) is 26.9. The number of nitriles is 1. The highest BCUT2D eigenvalue weighted by Gasteiger charge is 2.28. The first-order chi connectivity index (χ1) is 18.6. The molecule has 2 aromatic carbocycles. The van der Waals surface area contributed by atoms with Crippen LogP contribution in [0.1, 0.15) is 70.9 Å². The van der Waals surface area contributed by atoms with E-state index in [4.69, 9.17) is 9.47 Å². The van der Waals surface area contributed by atoms with Crippen LogP contribution in [-0.2, 0) is 4.74 Å². The van der Waals surface area contributed by atoms with Crippen molar-refractivity contribution in [2.45, 2.75) is 65.3 Å². The van der Waals surface area contributed by atoms with Gasteiger partial charge in [0, 0.05) is 29.7 Å². The van der Waals surface area contributed by atoms with E-state index in [2.05, 4.69) is 40.8 Å². The molecule has 0 atom stereocenters. The molecule has 2 aliphatic rings. The minimum atomic E-state index is -0.473. The van der Waals surface area contributed by atoms with E-state index in [0.29, 0.717) is 30.5 Å². The number of hydrogen-bond acceptors (Lipinski definition) is 5. The number of nitrogens with one attached hydrogen (secondary N) is 1. The van der Waals surface area contributed by atoms with E-state index >= 15 is 0 Å². The highest BCUT2D eigenvalue weighted by molar-refractivity contribution is 5.96. The molecule has 1 aliphatic heterocycles. The fourth-order valence-corrected chi connectivity index (χ4v) is 5.10. The first-order valence-corrected chi connectivity index (χ1v) is 14.1. The molecule has 1 N–H and O–H groups in total. The summed E-state index contributed by atoms with van der Waals surface area (Å²) in [4.78, 5) is 14.2. The van der Waals surface area contributed by atoms with Gasteiger partial charge in [0.15, 0.2) is 0 Å². The van der Waals surface area contributed by atoms with Crippen molar-refractivity contribution in [3.05, 3.63) is 48.0 Å².